The van der Waals surface area contributed by atoms with Crippen molar-refractivity contribution in [2.45, 2.75) is 56.4 Å². The van der Waals surface area contributed by atoms with E-state index in [0.717, 1.165) is 31.4 Å². The van der Waals surface area contributed by atoms with Gasteiger partial charge in [-0.05, 0) is 87.4 Å². The van der Waals surface area contributed by atoms with Gasteiger partial charge in [0.05, 0.1) is 11.0 Å². The highest BCUT2D eigenvalue weighted by atomic mass is 32.2. The van der Waals surface area contributed by atoms with Gasteiger partial charge in [0, 0.05) is 24.3 Å². The Balaban J connectivity index is 1.47. The van der Waals surface area contributed by atoms with E-state index in [9.17, 15) is 13.2 Å². The highest BCUT2D eigenvalue weighted by molar-refractivity contribution is 7.89. The Kier molecular flexibility index (Phi) is 6.11. The van der Waals surface area contributed by atoms with Crippen LogP contribution in [0.1, 0.15) is 54.4 Å². The third kappa shape index (κ3) is 4.52. The summed E-state index contributed by atoms with van der Waals surface area (Å²) in [4.78, 5) is 12.9. The molecule has 1 N–H and O–H groups in total. The summed E-state index contributed by atoms with van der Waals surface area (Å²) in [6.45, 7) is 2.83. The molecule has 7 heteroatoms. The second kappa shape index (κ2) is 8.78. The fourth-order valence-electron chi connectivity index (χ4n) is 4.11. The molecule has 0 aromatic heterocycles. The number of carbonyl (C=O) groups excluding carboxylic acids is 1. The maximum Gasteiger partial charge on any atom is 0.255 e. The molecule has 0 unspecified atom stereocenters. The summed E-state index contributed by atoms with van der Waals surface area (Å²) in [5, 5.41) is 2.84. The monoisotopic (exact) mass is 428 g/mol. The summed E-state index contributed by atoms with van der Waals surface area (Å²) in [5.74, 6) is 0.464. The second-order valence-corrected chi connectivity index (χ2v) is 10.0. The lowest BCUT2D eigenvalue weighted by molar-refractivity contribution is 0.102. The topological polar surface area (TPSA) is 75.7 Å². The van der Waals surface area contributed by atoms with E-state index in [0.29, 0.717) is 29.9 Å². The first kappa shape index (κ1) is 20.9. The standard InChI is InChI=1S/C23H28N2O4S/c1-17-8-9-18(16-22(17)30(27,28)25-14-4-5-15-25)23(26)24-19-10-12-21(13-11-19)29-20-6-2-3-7-20/h8-13,16,20H,2-7,14-15H2,1H3,(H,24,26). The van der Waals surface area contributed by atoms with Crippen LogP contribution in [-0.4, -0.2) is 37.8 Å². The number of sulfonamides is 1. The summed E-state index contributed by atoms with van der Waals surface area (Å²) >= 11 is 0. The molecule has 0 atom stereocenters. The predicted octanol–water partition coefficient (Wildman–Crippen LogP) is 4.35. The minimum absolute atomic E-state index is 0.206. The minimum atomic E-state index is -3.58. The van der Waals surface area contributed by atoms with Gasteiger partial charge in [-0.2, -0.15) is 4.31 Å². The van der Waals surface area contributed by atoms with Crippen LogP contribution >= 0.6 is 0 Å². The third-order valence-electron chi connectivity index (χ3n) is 5.85. The van der Waals surface area contributed by atoms with Crippen LogP contribution in [0.25, 0.3) is 0 Å². The Morgan fingerprint density at radius 2 is 1.67 bits per heavy atom. The van der Waals surface area contributed by atoms with Crippen LogP contribution in [0.3, 0.4) is 0 Å². The van der Waals surface area contributed by atoms with Crippen molar-refractivity contribution in [2.24, 2.45) is 0 Å². The molecule has 0 bridgehead atoms. The maximum absolute atomic E-state index is 12.9. The number of amides is 1. The van der Waals surface area contributed by atoms with Crippen molar-refractivity contribution in [3.63, 3.8) is 0 Å². The molecule has 1 amide bonds. The average Bonchev–Trinajstić information content (AvgIpc) is 3.44. The molecule has 6 nitrogen and oxygen atoms in total. The summed E-state index contributed by atoms with van der Waals surface area (Å²) < 4.78 is 33.3. The Bertz CT molecular complexity index is 1010. The van der Waals surface area contributed by atoms with E-state index in [2.05, 4.69) is 5.32 Å². The molecular weight excluding hydrogens is 400 g/mol. The van der Waals surface area contributed by atoms with Crippen molar-refractivity contribution in [1.29, 1.82) is 0 Å². The van der Waals surface area contributed by atoms with Crippen molar-refractivity contribution in [2.75, 3.05) is 18.4 Å². The van der Waals surface area contributed by atoms with E-state index < -0.39 is 10.0 Å². The zero-order valence-corrected chi connectivity index (χ0v) is 18.1. The number of aryl methyl sites for hydroxylation is 1. The first-order valence-corrected chi connectivity index (χ1v) is 12.1. The smallest absolute Gasteiger partial charge is 0.255 e. The second-order valence-electron chi connectivity index (χ2n) is 8.09. The maximum atomic E-state index is 12.9. The van der Waals surface area contributed by atoms with Crippen molar-refractivity contribution in [3.8, 4) is 5.75 Å². The lowest BCUT2D eigenvalue weighted by Gasteiger charge is -2.18. The van der Waals surface area contributed by atoms with Gasteiger partial charge in [-0.3, -0.25) is 4.79 Å². The molecule has 1 saturated heterocycles. The molecule has 1 aliphatic carbocycles. The molecule has 0 radical (unpaired) electrons. The van der Waals surface area contributed by atoms with Crippen LogP contribution in [-0.2, 0) is 10.0 Å². The van der Waals surface area contributed by atoms with Crippen LogP contribution in [0.4, 0.5) is 5.69 Å². The Morgan fingerprint density at radius 1 is 1.00 bits per heavy atom. The molecule has 1 heterocycles. The van der Waals surface area contributed by atoms with Crippen LogP contribution in [0, 0.1) is 6.92 Å². The van der Waals surface area contributed by atoms with Crippen LogP contribution in [0.5, 0.6) is 5.75 Å². The Hall–Kier alpha value is -2.38. The Labute approximate surface area is 178 Å². The number of hydrogen-bond donors (Lipinski definition) is 1. The highest BCUT2D eigenvalue weighted by Crippen LogP contribution is 2.27. The van der Waals surface area contributed by atoms with E-state index >= 15 is 0 Å². The molecular formula is C23H28N2O4S. The van der Waals surface area contributed by atoms with Gasteiger partial charge in [0.25, 0.3) is 5.91 Å². The number of benzene rings is 2. The van der Waals surface area contributed by atoms with E-state index in [4.69, 9.17) is 4.74 Å². The van der Waals surface area contributed by atoms with Gasteiger partial charge >= 0.3 is 0 Å². The number of anilines is 1. The molecule has 2 aromatic carbocycles. The van der Waals surface area contributed by atoms with Gasteiger partial charge in [0.15, 0.2) is 0 Å². The molecule has 1 aliphatic heterocycles. The number of hydrogen-bond acceptors (Lipinski definition) is 4. The first-order chi connectivity index (χ1) is 14.4. The molecule has 4 rings (SSSR count). The number of nitrogens with zero attached hydrogens (tertiary/aromatic N) is 1. The zero-order chi connectivity index (χ0) is 21.1. The first-order valence-electron chi connectivity index (χ1n) is 10.6. The van der Waals surface area contributed by atoms with Gasteiger partial charge in [-0.25, -0.2) is 8.42 Å². The lowest BCUT2D eigenvalue weighted by atomic mass is 10.1. The van der Waals surface area contributed by atoms with Gasteiger partial charge < -0.3 is 10.1 Å². The van der Waals surface area contributed by atoms with Crippen molar-refractivity contribution in [3.05, 3.63) is 53.6 Å². The quantitative estimate of drug-likeness (QED) is 0.742. The normalized spacial score (nSPS) is 17.9. The van der Waals surface area contributed by atoms with Gasteiger partial charge in [0.2, 0.25) is 10.0 Å². The van der Waals surface area contributed by atoms with E-state index in [1.54, 1.807) is 31.2 Å². The van der Waals surface area contributed by atoms with Gasteiger partial charge in [-0.15, -0.1) is 0 Å². The van der Waals surface area contributed by atoms with Gasteiger partial charge in [-0.1, -0.05) is 6.07 Å². The minimum Gasteiger partial charge on any atom is -0.490 e. The molecule has 30 heavy (non-hydrogen) atoms. The van der Waals surface area contributed by atoms with Crippen LogP contribution in [0.15, 0.2) is 47.4 Å². The fraction of sp³-hybridized carbons (Fsp3) is 0.435. The number of ether oxygens (including phenoxy) is 1. The van der Waals surface area contributed by atoms with E-state index in [-0.39, 0.29) is 16.9 Å². The molecule has 0 spiro atoms. The summed E-state index contributed by atoms with van der Waals surface area (Å²) in [7, 11) is -3.58. The molecule has 2 fully saturated rings. The number of rotatable bonds is 6. The fourth-order valence-corrected chi connectivity index (χ4v) is 5.87. The van der Waals surface area contributed by atoms with Crippen LogP contribution in [0.2, 0.25) is 0 Å². The summed E-state index contributed by atoms with van der Waals surface area (Å²) in [6, 6.07) is 12.1. The zero-order valence-electron chi connectivity index (χ0n) is 17.3. The average molecular weight is 429 g/mol. The molecule has 2 aliphatic rings. The van der Waals surface area contributed by atoms with Crippen molar-refractivity contribution < 1.29 is 17.9 Å². The van der Waals surface area contributed by atoms with Gasteiger partial charge in [0.1, 0.15) is 5.75 Å². The summed E-state index contributed by atoms with van der Waals surface area (Å²) in [6.07, 6.45) is 6.64. The highest BCUT2D eigenvalue weighted by Gasteiger charge is 2.29. The SMILES string of the molecule is Cc1ccc(C(=O)Nc2ccc(OC3CCCC3)cc2)cc1S(=O)(=O)N1CCCC1. The molecule has 1 saturated carbocycles. The predicted molar refractivity (Wildman–Crippen MR) is 116 cm³/mol. The molecule has 160 valence electrons. The summed E-state index contributed by atoms with van der Waals surface area (Å²) in [5.41, 5.74) is 1.61. The largest absolute Gasteiger partial charge is 0.490 e. The molecule has 2 aromatic rings. The Morgan fingerprint density at radius 3 is 2.33 bits per heavy atom. The van der Waals surface area contributed by atoms with E-state index in [1.807, 2.05) is 12.1 Å². The van der Waals surface area contributed by atoms with Crippen molar-refractivity contribution in [1.82, 2.24) is 4.31 Å². The van der Waals surface area contributed by atoms with E-state index in [1.165, 1.54) is 23.2 Å². The number of carbonyl (C=O) groups is 1. The number of nitrogens with one attached hydrogen (secondary N) is 1. The van der Waals surface area contributed by atoms with Crippen LogP contribution < -0.4 is 10.1 Å². The third-order valence-corrected chi connectivity index (χ3v) is 7.89. The lowest BCUT2D eigenvalue weighted by Crippen LogP contribution is -2.28. The van der Waals surface area contributed by atoms with Crippen molar-refractivity contribution >= 4 is 21.6 Å².